The highest BCUT2D eigenvalue weighted by Crippen LogP contribution is 2.40. The zero-order valence-electron chi connectivity index (χ0n) is 23.6. The second-order valence-electron chi connectivity index (χ2n) is 10.3. The average molecular weight is 646 g/mol. The van der Waals surface area contributed by atoms with E-state index >= 15 is 0 Å². The molecule has 2 aliphatic heterocycles. The van der Waals surface area contributed by atoms with Gasteiger partial charge in [-0.05, 0) is 62.0 Å². The number of ether oxygens (including phenoxy) is 2. The molecule has 16 heteroatoms. The van der Waals surface area contributed by atoms with Crippen molar-refractivity contribution >= 4 is 17.2 Å². The van der Waals surface area contributed by atoms with E-state index in [0.29, 0.717) is 39.7 Å². The van der Waals surface area contributed by atoms with E-state index in [0.717, 1.165) is 17.0 Å². The van der Waals surface area contributed by atoms with Crippen molar-refractivity contribution in [2.75, 3.05) is 20.2 Å². The van der Waals surface area contributed by atoms with Gasteiger partial charge in [0.25, 0.3) is 0 Å². The van der Waals surface area contributed by atoms with Crippen LogP contribution < -0.4 is 15.0 Å². The average Bonchev–Trinajstić information content (AvgIpc) is 3.61. The number of nitrogens with one attached hydrogen (secondary N) is 1. The molecule has 0 aliphatic carbocycles. The fourth-order valence-electron chi connectivity index (χ4n) is 5.03. The van der Waals surface area contributed by atoms with Crippen LogP contribution in [0, 0.1) is 5.92 Å². The lowest BCUT2D eigenvalue weighted by Gasteiger charge is -2.32. The number of hydrogen-bond acceptors (Lipinski definition) is 10. The minimum atomic E-state index is -4.48. The summed E-state index contributed by atoms with van der Waals surface area (Å²) in [5, 5.41) is 13.9. The quantitative estimate of drug-likeness (QED) is 0.242. The topological polar surface area (TPSA) is 91.7 Å². The van der Waals surface area contributed by atoms with Crippen LogP contribution in [0.3, 0.4) is 0 Å². The summed E-state index contributed by atoms with van der Waals surface area (Å²) in [5.41, 5.74) is 3.23. The first kappa shape index (κ1) is 31.8. The molecule has 0 amide bonds. The number of amidine groups is 1. The van der Waals surface area contributed by atoms with Crippen LogP contribution in [0.15, 0.2) is 47.6 Å². The Bertz CT molecular complexity index is 1470. The molecule has 1 aromatic heterocycles. The predicted octanol–water partition coefficient (Wildman–Crippen LogP) is 6.94. The zero-order chi connectivity index (χ0) is 31.6. The number of thiazole rings is 1. The Morgan fingerprint density at radius 3 is 2.36 bits per heavy atom. The van der Waals surface area contributed by atoms with Crippen LogP contribution in [0.4, 0.5) is 26.3 Å². The van der Waals surface area contributed by atoms with E-state index in [9.17, 15) is 31.5 Å². The first-order chi connectivity index (χ1) is 20.9. The van der Waals surface area contributed by atoms with Gasteiger partial charge < -0.3 is 9.47 Å². The molecule has 44 heavy (non-hydrogen) atoms. The molecule has 0 radical (unpaired) electrons. The fraction of sp³-hybridized carbons (Fsp3) is 0.429. The fourth-order valence-corrected chi connectivity index (χ4v) is 6.22. The highest BCUT2D eigenvalue weighted by molar-refractivity contribution is 7.15. The number of hydroxylamine groups is 1. The lowest BCUT2D eigenvalue weighted by molar-refractivity contribution is -0.345. The van der Waals surface area contributed by atoms with Gasteiger partial charge in [0.05, 0.1) is 34.7 Å². The summed E-state index contributed by atoms with van der Waals surface area (Å²) in [6.45, 7) is 2.64. The lowest BCUT2D eigenvalue weighted by atomic mass is 9.96. The Morgan fingerprint density at radius 2 is 1.80 bits per heavy atom. The molecule has 5 rings (SSSR count). The molecular weight excluding hydrogens is 616 g/mol. The van der Waals surface area contributed by atoms with Gasteiger partial charge in [-0.25, -0.2) is 15.7 Å². The summed E-state index contributed by atoms with van der Waals surface area (Å²) < 4.78 is 91.0. The number of rotatable bonds is 9. The first-order valence-corrected chi connectivity index (χ1v) is 14.5. The van der Waals surface area contributed by atoms with E-state index in [4.69, 9.17) is 14.5 Å². The number of halogens is 6. The SMILES string of the molecule is CCC(Oc1ccc(C2=NN(O)ON2)c(OC)c1)c1sc(-c2ccc(C(F)(F)F)cc2)nc1CN1CCC(C(F)(F)F)CC1. The van der Waals surface area contributed by atoms with Crippen molar-refractivity contribution in [2.24, 2.45) is 11.0 Å². The Labute approximate surface area is 252 Å². The number of benzene rings is 2. The van der Waals surface area contributed by atoms with Crippen LogP contribution in [0.5, 0.6) is 11.5 Å². The molecule has 1 unspecified atom stereocenters. The molecule has 3 aromatic rings. The third kappa shape index (κ3) is 7.20. The van der Waals surface area contributed by atoms with Crippen molar-refractivity contribution in [3.8, 4) is 22.1 Å². The number of hydrogen-bond donors (Lipinski definition) is 2. The molecule has 0 saturated carbocycles. The van der Waals surface area contributed by atoms with Gasteiger partial charge in [-0.3, -0.25) is 4.90 Å². The van der Waals surface area contributed by atoms with E-state index in [1.54, 1.807) is 18.2 Å². The summed E-state index contributed by atoms with van der Waals surface area (Å²) in [6.07, 6.45) is -8.81. The van der Waals surface area contributed by atoms with Crippen LogP contribution >= 0.6 is 11.3 Å². The summed E-state index contributed by atoms with van der Waals surface area (Å²) >= 11 is 1.27. The van der Waals surface area contributed by atoms with Gasteiger partial charge in [0.2, 0.25) is 0 Å². The van der Waals surface area contributed by atoms with Crippen molar-refractivity contribution in [2.45, 2.75) is 51.2 Å². The van der Waals surface area contributed by atoms with Crippen molar-refractivity contribution in [3.63, 3.8) is 0 Å². The van der Waals surface area contributed by atoms with E-state index in [-0.39, 0.29) is 43.6 Å². The first-order valence-electron chi connectivity index (χ1n) is 13.7. The molecule has 1 fully saturated rings. The third-order valence-corrected chi connectivity index (χ3v) is 8.63. The Morgan fingerprint density at radius 1 is 1.09 bits per heavy atom. The zero-order valence-corrected chi connectivity index (χ0v) is 24.4. The summed E-state index contributed by atoms with van der Waals surface area (Å²) in [6, 6.07) is 9.64. The number of methoxy groups -OCH3 is 1. The van der Waals surface area contributed by atoms with Crippen LogP contribution in [0.25, 0.3) is 10.6 Å². The highest BCUT2D eigenvalue weighted by Gasteiger charge is 2.41. The van der Waals surface area contributed by atoms with E-state index in [2.05, 4.69) is 15.5 Å². The maximum Gasteiger partial charge on any atom is 0.416 e. The smallest absolute Gasteiger partial charge is 0.416 e. The Kier molecular flexibility index (Phi) is 9.25. The second-order valence-corrected chi connectivity index (χ2v) is 11.3. The molecule has 0 bridgehead atoms. The van der Waals surface area contributed by atoms with Gasteiger partial charge >= 0.3 is 12.4 Å². The van der Waals surface area contributed by atoms with Gasteiger partial charge in [-0.2, -0.15) is 26.3 Å². The van der Waals surface area contributed by atoms with Crippen LogP contribution in [-0.4, -0.2) is 52.6 Å². The monoisotopic (exact) mass is 645 g/mol. The lowest BCUT2D eigenvalue weighted by Crippen LogP contribution is -2.38. The number of aromatic nitrogens is 1. The van der Waals surface area contributed by atoms with E-state index < -0.39 is 29.9 Å². The van der Waals surface area contributed by atoms with Crippen molar-refractivity contribution < 1.29 is 46.0 Å². The van der Waals surface area contributed by atoms with Gasteiger partial charge in [0, 0.05) is 18.2 Å². The molecule has 2 aromatic carbocycles. The molecule has 2 aliphatic rings. The standard InChI is InChI=1S/C28H29F6N5O4S/c1-3-22(42-19-8-9-20(23(14-19)41-2)25-36-39(40)43-37-25)24-21(15-38-12-10-18(11-13-38)28(32,33)34)35-26(44-24)16-4-6-17(7-5-16)27(29,30)31/h4-9,14,18,22,40H,3,10-13,15H2,1-2H3,(H,36,37). The van der Waals surface area contributed by atoms with Crippen LogP contribution in [-0.2, 0) is 17.7 Å². The third-order valence-electron chi connectivity index (χ3n) is 7.39. The summed E-state index contributed by atoms with van der Waals surface area (Å²) in [5.74, 6) is -0.356. The normalized spacial score (nSPS) is 17.4. The molecular formula is C28H29F6N5O4S. The summed E-state index contributed by atoms with van der Waals surface area (Å²) in [4.78, 5) is 12.1. The van der Waals surface area contributed by atoms with E-state index in [1.165, 1.54) is 30.6 Å². The Balaban J connectivity index is 1.43. The molecule has 9 nitrogen and oxygen atoms in total. The van der Waals surface area contributed by atoms with Gasteiger partial charge in [0.15, 0.2) is 5.84 Å². The molecule has 1 saturated heterocycles. The minimum absolute atomic E-state index is 0.0200. The Hall–Kier alpha value is -3.60. The van der Waals surface area contributed by atoms with Crippen LogP contribution in [0.1, 0.15) is 54.0 Å². The molecule has 2 N–H and O–H groups in total. The summed E-state index contributed by atoms with van der Waals surface area (Å²) in [7, 11) is 1.45. The van der Waals surface area contributed by atoms with Crippen molar-refractivity contribution in [3.05, 3.63) is 64.2 Å². The molecule has 3 heterocycles. The van der Waals surface area contributed by atoms with Gasteiger partial charge in [-0.1, -0.05) is 19.1 Å². The van der Waals surface area contributed by atoms with Crippen molar-refractivity contribution in [1.82, 2.24) is 20.7 Å². The number of hydrazone groups is 1. The van der Waals surface area contributed by atoms with Crippen LogP contribution in [0.2, 0.25) is 0 Å². The maximum atomic E-state index is 13.2. The highest BCUT2D eigenvalue weighted by atomic mass is 32.1. The van der Waals surface area contributed by atoms with Crippen molar-refractivity contribution in [1.29, 1.82) is 0 Å². The predicted molar refractivity (Wildman–Crippen MR) is 148 cm³/mol. The molecule has 238 valence electrons. The number of nitrogens with zero attached hydrogens (tertiary/aromatic N) is 4. The largest absolute Gasteiger partial charge is 0.496 e. The molecule has 0 spiro atoms. The second kappa shape index (κ2) is 12.8. The number of likely N-dealkylation sites (tertiary alicyclic amines) is 1. The number of piperidine rings is 1. The number of alkyl halides is 6. The maximum absolute atomic E-state index is 13.2. The van der Waals surface area contributed by atoms with E-state index in [1.807, 2.05) is 11.8 Å². The van der Waals surface area contributed by atoms with Gasteiger partial charge in [0.1, 0.15) is 22.6 Å². The van der Waals surface area contributed by atoms with Gasteiger partial charge in [-0.15, -0.1) is 21.4 Å². The molecule has 1 atom stereocenters. The minimum Gasteiger partial charge on any atom is -0.496 e.